The molecule has 0 bridgehead atoms. The van der Waals surface area contributed by atoms with Crippen LogP contribution in [0.5, 0.6) is 5.75 Å². The molecule has 1 amide bonds. The molecule has 0 fully saturated rings. The van der Waals surface area contributed by atoms with Crippen LogP contribution < -0.4 is 15.8 Å². The van der Waals surface area contributed by atoms with Gasteiger partial charge in [0, 0.05) is 5.02 Å². The fraction of sp³-hybridized carbons (Fsp3) is 0.188. The summed E-state index contributed by atoms with van der Waals surface area (Å²) in [7, 11) is 0. The van der Waals surface area contributed by atoms with Gasteiger partial charge in [0.15, 0.2) is 5.60 Å². The third-order valence-electron chi connectivity index (χ3n) is 3.07. The van der Waals surface area contributed by atoms with E-state index in [4.69, 9.17) is 45.3 Å². The van der Waals surface area contributed by atoms with Crippen LogP contribution in [0.4, 0.5) is 11.4 Å². The predicted molar refractivity (Wildman–Crippen MR) is 95.7 cm³/mol. The van der Waals surface area contributed by atoms with E-state index in [2.05, 4.69) is 5.32 Å². The second kappa shape index (κ2) is 6.87. The quantitative estimate of drug-likeness (QED) is 0.739. The monoisotopic (exact) mass is 372 g/mol. The Balaban J connectivity index is 2.15. The number of ether oxygens (including phenoxy) is 1. The summed E-state index contributed by atoms with van der Waals surface area (Å²) in [4.78, 5) is 12.5. The van der Waals surface area contributed by atoms with Gasteiger partial charge in [-0.05, 0) is 50.2 Å². The number of halogens is 3. The van der Waals surface area contributed by atoms with E-state index in [1.165, 1.54) is 12.1 Å². The molecule has 0 saturated heterocycles. The average Bonchev–Trinajstić information content (AvgIpc) is 2.47. The van der Waals surface area contributed by atoms with Crippen molar-refractivity contribution < 1.29 is 9.53 Å². The zero-order valence-electron chi connectivity index (χ0n) is 12.5. The first-order valence-corrected chi connectivity index (χ1v) is 7.83. The van der Waals surface area contributed by atoms with Crippen LogP contribution in [0.25, 0.3) is 0 Å². The Morgan fingerprint density at radius 1 is 1.09 bits per heavy atom. The highest BCUT2D eigenvalue weighted by Crippen LogP contribution is 2.31. The molecular formula is C16H15Cl3N2O2. The number of anilines is 2. The number of nitrogens with two attached hydrogens (primary N) is 1. The number of carbonyl (C=O) groups excluding carboxylic acids is 1. The summed E-state index contributed by atoms with van der Waals surface area (Å²) in [6.07, 6.45) is 0. The lowest BCUT2D eigenvalue weighted by atomic mass is 10.1. The Labute approximate surface area is 149 Å². The lowest BCUT2D eigenvalue weighted by Gasteiger charge is -2.25. The van der Waals surface area contributed by atoms with E-state index in [9.17, 15) is 4.79 Å². The zero-order chi connectivity index (χ0) is 17.2. The van der Waals surface area contributed by atoms with Gasteiger partial charge in [0.2, 0.25) is 0 Å². The maximum Gasteiger partial charge on any atom is 0.268 e. The van der Waals surface area contributed by atoms with E-state index in [0.717, 1.165) is 0 Å². The Morgan fingerprint density at radius 3 is 2.30 bits per heavy atom. The fourth-order valence-corrected chi connectivity index (χ4v) is 2.28. The summed E-state index contributed by atoms with van der Waals surface area (Å²) >= 11 is 17.8. The second-order valence-corrected chi connectivity index (χ2v) is 6.62. The minimum absolute atomic E-state index is 0.294. The summed E-state index contributed by atoms with van der Waals surface area (Å²) in [6.45, 7) is 3.29. The molecule has 0 aliphatic heterocycles. The van der Waals surface area contributed by atoms with Gasteiger partial charge in [-0.3, -0.25) is 4.79 Å². The van der Waals surface area contributed by atoms with Gasteiger partial charge in [0.25, 0.3) is 5.91 Å². The largest absolute Gasteiger partial charge is 0.478 e. The van der Waals surface area contributed by atoms with Crippen LogP contribution in [0.3, 0.4) is 0 Å². The van der Waals surface area contributed by atoms with Crippen LogP contribution in [-0.2, 0) is 4.79 Å². The molecule has 0 aromatic heterocycles. The van der Waals surface area contributed by atoms with Crippen LogP contribution >= 0.6 is 34.8 Å². The van der Waals surface area contributed by atoms with Gasteiger partial charge in [0.1, 0.15) is 5.75 Å². The molecule has 0 saturated carbocycles. The molecule has 2 rings (SSSR count). The molecule has 7 heteroatoms. The minimum Gasteiger partial charge on any atom is -0.478 e. The fourth-order valence-electron chi connectivity index (χ4n) is 1.77. The third-order valence-corrected chi connectivity index (χ3v) is 3.96. The van der Waals surface area contributed by atoms with Crippen molar-refractivity contribution in [3.63, 3.8) is 0 Å². The first-order valence-electron chi connectivity index (χ1n) is 6.69. The van der Waals surface area contributed by atoms with Gasteiger partial charge in [0.05, 0.1) is 21.4 Å². The Kier molecular flexibility index (Phi) is 5.30. The first-order chi connectivity index (χ1) is 10.7. The van der Waals surface area contributed by atoms with Crippen LogP contribution in [-0.4, -0.2) is 11.5 Å². The van der Waals surface area contributed by atoms with Crippen molar-refractivity contribution in [3.8, 4) is 5.75 Å². The molecule has 122 valence electrons. The van der Waals surface area contributed by atoms with Crippen LogP contribution in [0, 0.1) is 0 Å². The van der Waals surface area contributed by atoms with Crippen molar-refractivity contribution >= 4 is 52.1 Å². The molecule has 3 N–H and O–H groups in total. The van der Waals surface area contributed by atoms with Gasteiger partial charge in [-0.25, -0.2) is 0 Å². The van der Waals surface area contributed by atoms with Gasteiger partial charge in [-0.1, -0.05) is 34.8 Å². The SMILES string of the molecule is CC(C)(Oc1ccc(Cl)cc1)C(=O)Nc1cc(Cl)c(N)cc1Cl. The van der Waals surface area contributed by atoms with Crippen molar-refractivity contribution in [2.45, 2.75) is 19.4 Å². The highest BCUT2D eigenvalue weighted by Gasteiger charge is 2.30. The Bertz CT molecular complexity index is 731. The van der Waals surface area contributed by atoms with Crippen molar-refractivity contribution in [2.75, 3.05) is 11.1 Å². The normalized spacial score (nSPS) is 11.2. The number of amides is 1. The minimum atomic E-state index is -1.13. The van der Waals surface area contributed by atoms with E-state index in [1.54, 1.807) is 38.1 Å². The number of hydrogen-bond acceptors (Lipinski definition) is 3. The Hall–Kier alpha value is -1.62. The topological polar surface area (TPSA) is 64.3 Å². The zero-order valence-corrected chi connectivity index (χ0v) is 14.8. The molecule has 0 unspecified atom stereocenters. The molecule has 0 radical (unpaired) electrons. The first kappa shape index (κ1) is 17.7. The highest BCUT2D eigenvalue weighted by atomic mass is 35.5. The van der Waals surface area contributed by atoms with Gasteiger partial charge >= 0.3 is 0 Å². The molecule has 4 nitrogen and oxygen atoms in total. The van der Waals surface area contributed by atoms with Crippen LogP contribution in [0.15, 0.2) is 36.4 Å². The molecule has 0 aliphatic rings. The Morgan fingerprint density at radius 2 is 1.70 bits per heavy atom. The van der Waals surface area contributed by atoms with E-state index in [0.29, 0.717) is 32.2 Å². The summed E-state index contributed by atoms with van der Waals surface area (Å²) in [5, 5.41) is 3.87. The van der Waals surface area contributed by atoms with Crippen molar-refractivity contribution in [2.24, 2.45) is 0 Å². The lowest BCUT2D eigenvalue weighted by molar-refractivity contribution is -0.128. The molecular weight excluding hydrogens is 359 g/mol. The summed E-state index contributed by atoms with van der Waals surface area (Å²) in [5.41, 5.74) is 5.23. The third kappa shape index (κ3) is 4.44. The lowest BCUT2D eigenvalue weighted by Crippen LogP contribution is -2.42. The number of benzene rings is 2. The molecule has 2 aromatic rings. The van der Waals surface area contributed by atoms with Crippen molar-refractivity contribution in [1.29, 1.82) is 0 Å². The number of nitrogens with one attached hydrogen (secondary N) is 1. The maximum atomic E-state index is 12.5. The van der Waals surface area contributed by atoms with Gasteiger partial charge in [-0.15, -0.1) is 0 Å². The number of carbonyl (C=O) groups is 1. The summed E-state index contributed by atoms with van der Waals surface area (Å²) in [6, 6.07) is 9.71. The van der Waals surface area contributed by atoms with E-state index >= 15 is 0 Å². The molecule has 0 spiro atoms. The molecule has 23 heavy (non-hydrogen) atoms. The molecule has 0 heterocycles. The van der Waals surface area contributed by atoms with Gasteiger partial charge < -0.3 is 15.8 Å². The average molecular weight is 374 g/mol. The van der Waals surface area contributed by atoms with Crippen LogP contribution in [0.1, 0.15) is 13.8 Å². The number of nitrogen functional groups attached to an aromatic ring is 1. The van der Waals surface area contributed by atoms with Crippen molar-refractivity contribution in [3.05, 3.63) is 51.5 Å². The molecule has 0 atom stereocenters. The number of rotatable bonds is 4. The predicted octanol–water partition coefficient (Wildman–Crippen LogP) is 5.03. The smallest absolute Gasteiger partial charge is 0.268 e. The van der Waals surface area contributed by atoms with E-state index in [1.807, 2.05) is 0 Å². The van der Waals surface area contributed by atoms with Gasteiger partial charge in [-0.2, -0.15) is 0 Å². The second-order valence-electron chi connectivity index (χ2n) is 5.37. The summed E-state index contributed by atoms with van der Waals surface area (Å²) < 4.78 is 5.71. The molecule has 0 aliphatic carbocycles. The van der Waals surface area contributed by atoms with E-state index in [-0.39, 0.29) is 5.91 Å². The van der Waals surface area contributed by atoms with Crippen LogP contribution in [0.2, 0.25) is 15.1 Å². The molecule has 2 aromatic carbocycles. The summed E-state index contributed by atoms with van der Waals surface area (Å²) in [5.74, 6) is 0.145. The van der Waals surface area contributed by atoms with Crippen molar-refractivity contribution in [1.82, 2.24) is 0 Å². The number of hydrogen-bond donors (Lipinski definition) is 2. The van der Waals surface area contributed by atoms with E-state index < -0.39 is 5.60 Å². The highest BCUT2D eigenvalue weighted by molar-refractivity contribution is 6.37. The maximum absolute atomic E-state index is 12.5. The standard InChI is InChI=1S/C16H15Cl3N2O2/c1-16(2,23-10-5-3-9(17)4-6-10)15(22)21-14-8-11(18)13(20)7-12(14)19/h3-8H,20H2,1-2H3,(H,21,22).